The summed E-state index contributed by atoms with van der Waals surface area (Å²) in [6.45, 7) is 9.25. The van der Waals surface area contributed by atoms with E-state index < -0.39 is 23.0 Å². The van der Waals surface area contributed by atoms with Crippen molar-refractivity contribution in [3.05, 3.63) is 98.5 Å². The molecule has 5 heterocycles. The molecular weight excluding hydrogens is 554 g/mol. The van der Waals surface area contributed by atoms with Crippen LogP contribution in [0.3, 0.4) is 0 Å². The zero-order chi connectivity index (χ0) is 29.1. The quantitative estimate of drug-likeness (QED) is 0.249. The van der Waals surface area contributed by atoms with E-state index in [0.717, 1.165) is 57.0 Å². The van der Waals surface area contributed by atoms with Crippen LogP contribution in [0.1, 0.15) is 72.6 Å². The molecule has 1 aromatic carbocycles. The molecule has 7 rings (SSSR count). The topological polar surface area (TPSA) is 49.7 Å². The number of benzene rings is 1. The second-order valence-corrected chi connectivity index (χ2v) is 12.2. The second-order valence-electron chi connectivity index (χ2n) is 11.8. The van der Waals surface area contributed by atoms with Gasteiger partial charge in [-0.15, -0.1) is 0 Å². The number of allylic oxidation sites excluding steroid dienone is 2. The number of H-pyrrole nitrogens is 1. The molecule has 0 amide bonds. The predicted octanol–water partition coefficient (Wildman–Crippen LogP) is 7.53. The van der Waals surface area contributed by atoms with Crippen molar-refractivity contribution in [3.8, 4) is 5.69 Å². The van der Waals surface area contributed by atoms with Crippen LogP contribution >= 0.6 is 11.6 Å². The average molecular weight is 582 g/mol. The van der Waals surface area contributed by atoms with Crippen LogP contribution in [0.4, 0.5) is 23.4 Å². The van der Waals surface area contributed by atoms with E-state index in [1.54, 1.807) is 4.90 Å². The Labute approximate surface area is 239 Å². The Hall–Kier alpha value is -3.59. The highest BCUT2D eigenvalue weighted by Gasteiger charge is 2.52. The number of anilines is 1. The molecule has 212 valence electrons. The number of aryl methyl sites for hydroxylation is 1. The van der Waals surface area contributed by atoms with Gasteiger partial charge in [-0.1, -0.05) is 56.6 Å². The van der Waals surface area contributed by atoms with Gasteiger partial charge in [0.1, 0.15) is 0 Å². The Morgan fingerprint density at radius 1 is 1.17 bits per heavy atom. The number of aromatic nitrogens is 4. The van der Waals surface area contributed by atoms with Crippen LogP contribution in [0, 0.1) is 5.82 Å². The normalized spacial score (nSPS) is 20.5. The molecule has 1 unspecified atom stereocenters. The number of para-hydroxylation sites is 1. The van der Waals surface area contributed by atoms with Gasteiger partial charge in [0.2, 0.25) is 0 Å². The van der Waals surface area contributed by atoms with E-state index in [-0.39, 0.29) is 17.8 Å². The molecule has 3 aliphatic rings. The molecule has 0 spiro atoms. The number of nitrogens with zero attached hydrogens (tertiary/aromatic N) is 4. The van der Waals surface area contributed by atoms with E-state index in [9.17, 15) is 13.2 Å². The summed E-state index contributed by atoms with van der Waals surface area (Å²) in [5.74, 6) is -1.09. The van der Waals surface area contributed by atoms with Crippen molar-refractivity contribution in [1.82, 2.24) is 19.7 Å². The summed E-state index contributed by atoms with van der Waals surface area (Å²) >= 11 is 6.94. The van der Waals surface area contributed by atoms with Gasteiger partial charge in [-0.05, 0) is 30.5 Å². The number of nitrogens with one attached hydrogen (secondary N) is 1. The fourth-order valence-electron chi connectivity index (χ4n) is 7.09. The molecular formula is C31H28ClF4N5. The van der Waals surface area contributed by atoms with Crippen LogP contribution in [-0.4, -0.2) is 26.3 Å². The summed E-state index contributed by atoms with van der Waals surface area (Å²) in [5, 5.41) is 5.77. The third-order valence-electron chi connectivity index (χ3n) is 8.98. The number of alkyl halides is 3. The minimum atomic E-state index is -4.67. The maximum atomic E-state index is 15.1. The van der Waals surface area contributed by atoms with Crippen molar-refractivity contribution in [3.63, 3.8) is 0 Å². The standard InChI is InChI=1S/C31H28ClF4N5/c1-5-16-7-6-8-18-20-12-29(2,3)26-24(21(32)14-37-26)30(20,4)27-19-15-40(10-9-23(19)39-41(27)25(16)18)28-22(33)11-17(13-38-28)31(34,35)36/h6-8,11-14,37H,5,9-10,15H2,1-4H3. The van der Waals surface area contributed by atoms with E-state index in [4.69, 9.17) is 16.7 Å². The third-order valence-corrected chi connectivity index (χ3v) is 9.28. The molecule has 41 heavy (non-hydrogen) atoms. The maximum absolute atomic E-state index is 15.1. The molecule has 1 N–H and O–H groups in total. The Morgan fingerprint density at radius 2 is 1.95 bits per heavy atom. The lowest BCUT2D eigenvalue weighted by atomic mass is 9.60. The lowest BCUT2D eigenvalue weighted by Crippen LogP contribution is -2.41. The molecule has 1 atom stereocenters. The highest BCUT2D eigenvalue weighted by atomic mass is 35.5. The fourth-order valence-corrected chi connectivity index (χ4v) is 7.43. The summed E-state index contributed by atoms with van der Waals surface area (Å²) in [5.41, 5.74) is 7.06. The lowest BCUT2D eigenvalue weighted by Gasteiger charge is -2.46. The number of rotatable bonds is 2. The van der Waals surface area contributed by atoms with Gasteiger partial charge < -0.3 is 9.88 Å². The molecule has 5 nitrogen and oxygen atoms in total. The van der Waals surface area contributed by atoms with Gasteiger partial charge in [0, 0.05) is 59.7 Å². The van der Waals surface area contributed by atoms with Gasteiger partial charge in [0.05, 0.1) is 33.1 Å². The molecule has 0 fully saturated rings. The Balaban J connectivity index is 1.47. The van der Waals surface area contributed by atoms with Gasteiger partial charge in [-0.2, -0.15) is 18.3 Å². The molecule has 2 aliphatic heterocycles. The number of halogens is 5. The Bertz CT molecular complexity index is 1780. The predicted molar refractivity (Wildman–Crippen MR) is 150 cm³/mol. The Morgan fingerprint density at radius 3 is 2.66 bits per heavy atom. The number of fused-ring (bicyclic) bond motifs is 10. The first-order valence-corrected chi connectivity index (χ1v) is 14.1. The van der Waals surface area contributed by atoms with Crippen molar-refractivity contribution in [1.29, 1.82) is 0 Å². The monoisotopic (exact) mass is 581 g/mol. The van der Waals surface area contributed by atoms with Gasteiger partial charge >= 0.3 is 6.18 Å². The first-order valence-electron chi connectivity index (χ1n) is 13.7. The average Bonchev–Trinajstić information content (AvgIpc) is 3.51. The minimum absolute atomic E-state index is 0.0971. The van der Waals surface area contributed by atoms with Crippen LogP contribution in [0.2, 0.25) is 5.02 Å². The smallest absolute Gasteiger partial charge is 0.363 e. The van der Waals surface area contributed by atoms with E-state index in [1.165, 1.54) is 0 Å². The van der Waals surface area contributed by atoms with Gasteiger partial charge in [-0.25, -0.2) is 14.1 Å². The summed E-state index contributed by atoms with van der Waals surface area (Å²) in [4.78, 5) is 9.05. The van der Waals surface area contributed by atoms with Crippen molar-refractivity contribution in [2.24, 2.45) is 0 Å². The number of aromatic amines is 1. The molecule has 0 radical (unpaired) electrons. The van der Waals surface area contributed by atoms with Crippen LogP contribution in [-0.2, 0) is 36.4 Å². The van der Waals surface area contributed by atoms with Gasteiger partial charge in [0.25, 0.3) is 0 Å². The van der Waals surface area contributed by atoms with E-state index >= 15 is 4.39 Å². The van der Waals surface area contributed by atoms with Crippen LogP contribution in [0.5, 0.6) is 0 Å². The van der Waals surface area contributed by atoms with Crippen molar-refractivity contribution in [2.45, 2.75) is 64.1 Å². The molecule has 0 saturated carbocycles. The van der Waals surface area contributed by atoms with Gasteiger partial charge in [-0.3, -0.25) is 0 Å². The molecule has 0 saturated heterocycles. The number of pyridine rings is 1. The van der Waals surface area contributed by atoms with Crippen LogP contribution < -0.4 is 4.90 Å². The fraction of sp³-hybridized carbons (Fsp3) is 0.355. The minimum Gasteiger partial charge on any atom is -0.363 e. The summed E-state index contributed by atoms with van der Waals surface area (Å²) in [7, 11) is 0. The van der Waals surface area contributed by atoms with E-state index in [0.29, 0.717) is 30.3 Å². The largest absolute Gasteiger partial charge is 0.417 e. The van der Waals surface area contributed by atoms with Crippen LogP contribution in [0.15, 0.2) is 42.7 Å². The van der Waals surface area contributed by atoms with Crippen molar-refractivity contribution >= 4 is 23.0 Å². The highest BCUT2D eigenvalue weighted by Crippen LogP contribution is 2.59. The second kappa shape index (κ2) is 8.47. The van der Waals surface area contributed by atoms with Crippen molar-refractivity contribution in [2.75, 3.05) is 11.4 Å². The molecule has 3 aromatic heterocycles. The molecule has 1 aliphatic carbocycles. The first-order chi connectivity index (χ1) is 19.4. The maximum Gasteiger partial charge on any atom is 0.417 e. The van der Waals surface area contributed by atoms with Crippen molar-refractivity contribution < 1.29 is 17.6 Å². The third kappa shape index (κ3) is 3.54. The SMILES string of the molecule is CCc1cccc2c1-n1nc3c(c1C1(C)C2=CC(C)(C)c2[nH]cc(Cl)c21)CN(c1ncc(C(F)(F)F)cc1F)CC3. The van der Waals surface area contributed by atoms with Gasteiger partial charge in [0.15, 0.2) is 11.6 Å². The van der Waals surface area contributed by atoms with Crippen LogP contribution in [0.25, 0.3) is 11.3 Å². The highest BCUT2D eigenvalue weighted by molar-refractivity contribution is 6.32. The first kappa shape index (κ1) is 26.3. The Kier molecular flexibility index (Phi) is 5.44. The summed E-state index contributed by atoms with van der Waals surface area (Å²) < 4.78 is 56.7. The van der Waals surface area contributed by atoms with E-state index in [1.807, 2.05) is 10.9 Å². The summed E-state index contributed by atoms with van der Waals surface area (Å²) in [6.07, 6.45) is 1.47. The van der Waals surface area contributed by atoms with E-state index in [2.05, 4.69) is 61.9 Å². The summed E-state index contributed by atoms with van der Waals surface area (Å²) in [6, 6.07) is 6.85. The molecule has 4 aromatic rings. The zero-order valence-corrected chi connectivity index (χ0v) is 23.8. The molecule has 0 bridgehead atoms. The number of hydrogen-bond donors (Lipinski definition) is 1. The molecule has 10 heteroatoms. The lowest BCUT2D eigenvalue weighted by molar-refractivity contribution is -0.138. The number of hydrogen-bond acceptors (Lipinski definition) is 3. The zero-order valence-electron chi connectivity index (χ0n) is 23.0.